The van der Waals surface area contributed by atoms with E-state index in [2.05, 4.69) is 4.98 Å². The zero-order valence-electron chi connectivity index (χ0n) is 11.4. The highest BCUT2D eigenvalue weighted by Gasteiger charge is 2.27. The summed E-state index contributed by atoms with van der Waals surface area (Å²) < 4.78 is 1.64. The molecular weight excluding hydrogens is 254 g/mol. The number of anilines is 1. The van der Waals surface area contributed by atoms with Crippen molar-refractivity contribution in [3.05, 3.63) is 24.0 Å². The number of aryl methyl sites for hydroxylation is 1. The lowest BCUT2D eigenvalue weighted by Gasteiger charge is -2.20. The molecule has 5 nitrogen and oxygen atoms in total. The van der Waals surface area contributed by atoms with Gasteiger partial charge >= 0.3 is 0 Å². The van der Waals surface area contributed by atoms with Crippen LogP contribution in [0.4, 0.5) is 5.69 Å². The second-order valence-corrected chi connectivity index (χ2v) is 5.39. The molecule has 0 saturated heterocycles. The summed E-state index contributed by atoms with van der Waals surface area (Å²) in [5.74, 6) is 0.867. The number of carbonyl (C=O) groups excluding carboxylic acids is 2. The Morgan fingerprint density at radius 2 is 2.05 bits per heavy atom. The monoisotopic (exact) mass is 271 g/mol. The van der Waals surface area contributed by atoms with Crippen LogP contribution in [0.1, 0.15) is 36.3 Å². The molecule has 1 fully saturated rings. The topological polar surface area (TPSA) is 78.0 Å². The fraction of sp³-hybridized carbons (Fsp3) is 0.400. The van der Waals surface area contributed by atoms with Gasteiger partial charge in [-0.15, -0.1) is 0 Å². The first-order valence-electron chi connectivity index (χ1n) is 6.87. The Bertz CT molecular complexity index is 692. The molecule has 0 amide bonds. The van der Waals surface area contributed by atoms with E-state index in [-0.39, 0.29) is 17.6 Å². The number of nitrogens with two attached hydrogens (primary N) is 1. The maximum absolute atomic E-state index is 12.7. The third kappa shape index (κ3) is 2.09. The first-order chi connectivity index (χ1) is 9.56. The van der Waals surface area contributed by atoms with Crippen LogP contribution in [-0.2, 0) is 4.79 Å². The maximum atomic E-state index is 12.7. The van der Waals surface area contributed by atoms with E-state index in [0.29, 0.717) is 37.2 Å². The van der Waals surface area contributed by atoms with Gasteiger partial charge in [0.25, 0.3) is 0 Å². The lowest BCUT2D eigenvalue weighted by Crippen LogP contribution is -2.27. The van der Waals surface area contributed by atoms with E-state index in [4.69, 9.17) is 5.73 Å². The number of benzene rings is 1. The van der Waals surface area contributed by atoms with Crippen LogP contribution in [0.3, 0.4) is 0 Å². The molecule has 1 heterocycles. The van der Waals surface area contributed by atoms with Crippen LogP contribution in [0.2, 0.25) is 0 Å². The standard InChI is InChI=1S/C15H17N3O2/c1-9-17-13-7-4-11(16)8-14(13)18(9)15(20)10-2-5-12(19)6-3-10/h4,7-8,10H,2-3,5-6,16H2,1H3. The van der Waals surface area contributed by atoms with Gasteiger partial charge in [0.2, 0.25) is 5.91 Å². The highest BCUT2D eigenvalue weighted by molar-refractivity contribution is 5.94. The van der Waals surface area contributed by atoms with Crippen LogP contribution >= 0.6 is 0 Å². The van der Waals surface area contributed by atoms with Crippen molar-refractivity contribution in [3.8, 4) is 0 Å². The van der Waals surface area contributed by atoms with Crippen molar-refractivity contribution < 1.29 is 9.59 Å². The molecule has 0 spiro atoms. The van der Waals surface area contributed by atoms with Crippen LogP contribution in [-0.4, -0.2) is 21.2 Å². The van der Waals surface area contributed by atoms with Gasteiger partial charge in [0.1, 0.15) is 11.6 Å². The van der Waals surface area contributed by atoms with E-state index < -0.39 is 0 Å². The number of ketones is 1. The number of carbonyl (C=O) groups is 2. The van der Waals surface area contributed by atoms with Gasteiger partial charge < -0.3 is 5.73 Å². The number of rotatable bonds is 1. The molecule has 1 aromatic heterocycles. The van der Waals surface area contributed by atoms with E-state index in [1.165, 1.54) is 0 Å². The summed E-state index contributed by atoms with van der Waals surface area (Å²) in [5, 5.41) is 0. The molecule has 1 aliphatic carbocycles. The smallest absolute Gasteiger partial charge is 0.235 e. The van der Waals surface area contributed by atoms with E-state index in [9.17, 15) is 9.59 Å². The number of hydrogen-bond donors (Lipinski definition) is 1. The van der Waals surface area contributed by atoms with Gasteiger partial charge in [0, 0.05) is 24.4 Å². The molecule has 1 aromatic carbocycles. The fourth-order valence-electron chi connectivity index (χ4n) is 2.86. The zero-order chi connectivity index (χ0) is 14.3. The van der Waals surface area contributed by atoms with Crippen molar-refractivity contribution in [2.45, 2.75) is 32.6 Å². The van der Waals surface area contributed by atoms with Crippen LogP contribution in [0.15, 0.2) is 18.2 Å². The number of aromatic nitrogens is 2. The molecular formula is C15H17N3O2. The van der Waals surface area contributed by atoms with E-state index in [0.717, 1.165) is 11.0 Å². The molecule has 5 heteroatoms. The zero-order valence-corrected chi connectivity index (χ0v) is 11.4. The highest BCUT2D eigenvalue weighted by atomic mass is 16.2. The van der Waals surface area contributed by atoms with Crippen molar-refractivity contribution in [3.63, 3.8) is 0 Å². The van der Waals surface area contributed by atoms with Crippen molar-refractivity contribution >= 4 is 28.4 Å². The highest BCUT2D eigenvalue weighted by Crippen LogP contribution is 2.26. The third-order valence-electron chi connectivity index (χ3n) is 3.96. The molecule has 20 heavy (non-hydrogen) atoms. The molecule has 104 valence electrons. The minimum absolute atomic E-state index is 0.0306. The summed E-state index contributed by atoms with van der Waals surface area (Å²) in [5.41, 5.74) is 7.95. The first-order valence-corrected chi connectivity index (χ1v) is 6.87. The summed E-state index contributed by atoms with van der Waals surface area (Å²) in [6.07, 6.45) is 2.28. The summed E-state index contributed by atoms with van der Waals surface area (Å²) in [6.45, 7) is 1.82. The normalized spacial score (nSPS) is 16.8. The van der Waals surface area contributed by atoms with Crippen molar-refractivity contribution in [1.29, 1.82) is 0 Å². The van der Waals surface area contributed by atoms with Crippen molar-refractivity contribution in [2.24, 2.45) is 5.92 Å². The Morgan fingerprint density at radius 1 is 1.35 bits per heavy atom. The molecule has 0 aliphatic heterocycles. The van der Waals surface area contributed by atoms with Crippen LogP contribution in [0, 0.1) is 12.8 Å². The predicted octanol–water partition coefficient (Wildman–Crippen LogP) is 2.33. The molecule has 0 bridgehead atoms. The predicted molar refractivity (Wildman–Crippen MR) is 76.5 cm³/mol. The quantitative estimate of drug-likeness (QED) is 0.807. The van der Waals surface area contributed by atoms with Gasteiger partial charge in [-0.2, -0.15) is 0 Å². The molecule has 0 unspecified atom stereocenters. The van der Waals surface area contributed by atoms with Gasteiger partial charge in [-0.3, -0.25) is 14.2 Å². The summed E-state index contributed by atoms with van der Waals surface area (Å²) in [4.78, 5) is 28.4. The Morgan fingerprint density at radius 3 is 2.75 bits per heavy atom. The lowest BCUT2D eigenvalue weighted by atomic mass is 9.87. The summed E-state index contributed by atoms with van der Waals surface area (Å²) in [6, 6.07) is 5.38. The average Bonchev–Trinajstić information content (AvgIpc) is 2.74. The van der Waals surface area contributed by atoms with Gasteiger partial charge in [-0.05, 0) is 38.0 Å². The van der Waals surface area contributed by atoms with E-state index in [1.807, 2.05) is 13.0 Å². The SMILES string of the molecule is Cc1nc2ccc(N)cc2n1C(=O)C1CCC(=O)CC1. The number of imidazole rings is 1. The summed E-state index contributed by atoms with van der Waals surface area (Å²) in [7, 11) is 0. The second-order valence-electron chi connectivity index (χ2n) is 5.39. The lowest BCUT2D eigenvalue weighted by molar-refractivity contribution is -0.120. The van der Waals surface area contributed by atoms with Crippen molar-refractivity contribution in [2.75, 3.05) is 5.73 Å². The van der Waals surface area contributed by atoms with Crippen molar-refractivity contribution in [1.82, 2.24) is 9.55 Å². The summed E-state index contributed by atoms with van der Waals surface area (Å²) >= 11 is 0. The van der Waals surface area contributed by atoms with Gasteiger partial charge in [-0.1, -0.05) is 0 Å². The Balaban J connectivity index is 2.00. The fourth-order valence-corrected chi connectivity index (χ4v) is 2.86. The maximum Gasteiger partial charge on any atom is 0.235 e. The first kappa shape index (κ1) is 12.8. The minimum atomic E-state index is -0.0924. The molecule has 2 aromatic rings. The second kappa shape index (κ2) is 4.74. The number of hydrogen-bond acceptors (Lipinski definition) is 4. The molecule has 1 saturated carbocycles. The van der Waals surface area contributed by atoms with Gasteiger partial charge in [0.15, 0.2) is 0 Å². The van der Waals surface area contributed by atoms with E-state index >= 15 is 0 Å². The number of nitrogens with zero attached hydrogens (tertiary/aromatic N) is 2. The molecule has 2 N–H and O–H groups in total. The number of Topliss-reactive ketones (excluding diaryl/α,β-unsaturated/α-hetero) is 1. The Labute approximate surface area is 116 Å². The molecule has 0 atom stereocenters. The minimum Gasteiger partial charge on any atom is -0.399 e. The van der Waals surface area contributed by atoms with Gasteiger partial charge in [-0.25, -0.2) is 4.98 Å². The Kier molecular flexibility index (Phi) is 3.04. The van der Waals surface area contributed by atoms with Gasteiger partial charge in [0.05, 0.1) is 11.0 Å². The Hall–Kier alpha value is -2.17. The number of nitrogen functional groups attached to an aromatic ring is 1. The largest absolute Gasteiger partial charge is 0.399 e. The van der Waals surface area contributed by atoms with E-state index in [1.54, 1.807) is 16.7 Å². The average molecular weight is 271 g/mol. The van der Waals surface area contributed by atoms with Crippen LogP contribution in [0.25, 0.3) is 11.0 Å². The molecule has 0 radical (unpaired) electrons. The van der Waals surface area contributed by atoms with Crippen LogP contribution in [0.5, 0.6) is 0 Å². The van der Waals surface area contributed by atoms with Crippen LogP contribution < -0.4 is 5.73 Å². The molecule has 3 rings (SSSR count). The number of fused-ring (bicyclic) bond motifs is 1. The third-order valence-corrected chi connectivity index (χ3v) is 3.96. The molecule has 1 aliphatic rings.